The van der Waals surface area contributed by atoms with Gasteiger partial charge in [0.2, 0.25) is 5.95 Å². The number of ether oxygens (including phenoxy) is 1. The van der Waals surface area contributed by atoms with E-state index in [0.29, 0.717) is 31.2 Å². The quantitative estimate of drug-likeness (QED) is 0.554. The summed E-state index contributed by atoms with van der Waals surface area (Å²) < 4.78 is 6.87. The van der Waals surface area contributed by atoms with Crippen molar-refractivity contribution in [1.29, 1.82) is 0 Å². The zero-order valence-electron chi connectivity index (χ0n) is 21.9. The van der Waals surface area contributed by atoms with E-state index in [1.165, 1.54) is 12.8 Å². The maximum Gasteiger partial charge on any atom is 0.410 e. The Kier molecular flexibility index (Phi) is 6.27. The smallest absolute Gasteiger partial charge is 0.410 e. The number of pyridine rings is 1. The Labute approximate surface area is 221 Å². The number of hydrogen-bond acceptors (Lipinski definition) is 7. The Hall–Kier alpha value is -3.92. The third kappa shape index (κ3) is 4.38. The van der Waals surface area contributed by atoms with Crippen molar-refractivity contribution in [3.8, 4) is 0 Å². The molecule has 2 fully saturated rings. The number of nitrogens with one attached hydrogen (secondary N) is 1. The second-order valence-corrected chi connectivity index (χ2v) is 10.4. The Morgan fingerprint density at radius 2 is 1.92 bits per heavy atom. The molecule has 3 aliphatic rings. The van der Waals surface area contributed by atoms with E-state index in [0.717, 1.165) is 48.5 Å². The highest BCUT2D eigenvalue weighted by molar-refractivity contribution is 5.95. The summed E-state index contributed by atoms with van der Waals surface area (Å²) in [5.41, 5.74) is 4.58. The molecular formula is C28H33N7O3. The van der Waals surface area contributed by atoms with E-state index >= 15 is 0 Å². The minimum atomic E-state index is -0.280. The van der Waals surface area contributed by atoms with Crippen LogP contribution in [0, 0.1) is 0 Å². The van der Waals surface area contributed by atoms with Crippen LogP contribution in [0.1, 0.15) is 42.1 Å². The van der Waals surface area contributed by atoms with E-state index in [9.17, 15) is 9.59 Å². The molecule has 10 heteroatoms. The normalized spacial score (nSPS) is 18.9. The molecule has 0 unspecified atom stereocenters. The average molecular weight is 516 g/mol. The van der Waals surface area contributed by atoms with Gasteiger partial charge in [0.15, 0.2) is 5.65 Å². The number of benzene rings is 1. The fourth-order valence-electron chi connectivity index (χ4n) is 5.79. The number of aromatic nitrogens is 3. The number of likely N-dealkylation sites (tertiary alicyclic amines) is 2. The Morgan fingerprint density at radius 3 is 2.61 bits per heavy atom. The number of rotatable bonds is 5. The maximum atomic E-state index is 13.0. The lowest BCUT2D eigenvalue weighted by atomic mass is 9.86. The summed E-state index contributed by atoms with van der Waals surface area (Å²) in [6.07, 6.45) is 6.75. The highest BCUT2D eigenvalue weighted by atomic mass is 16.6. The first kappa shape index (κ1) is 24.4. The van der Waals surface area contributed by atoms with E-state index < -0.39 is 0 Å². The lowest BCUT2D eigenvalue weighted by Gasteiger charge is -2.51. The summed E-state index contributed by atoms with van der Waals surface area (Å²) in [5, 5.41) is 7.85. The molecular weight excluding hydrogens is 482 g/mol. The molecule has 5 heterocycles. The summed E-state index contributed by atoms with van der Waals surface area (Å²) >= 11 is 0. The minimum absolute atomic E-state index is 0.0836. The van der Waals surface area contributed by atoms with Crippen LogP contribution in [0.25, 0.3) is 11.2 Å². The fourth-order valence-corrected chi connectivity index (χ4v) is 5.79. The SMILES string of the molecule is CCOC(=O)N1CC=C(c2cccn3nc(Nc4ccc(C(=O)N5CC6(CCCN6C)C5)cc4)nc23)CC1. The van der Waals surface area contributed by atoms with Crippen LogP contribution in [0.4, 0.5) is 16.4 Å². The lowest BCUT2D eigenvalue weighted by molar-refractivity contribution is -0.00728. The molecule has 2 amide bonds. The number of amides is 2. The number of hydrogen-bond donors (Lipinski definition) is 1. The number of carbonyl (C=O) groups is 2. The zero-order valence-corrected chi connectivity index (χ0v) is 21.9. The van der Waals surface area contributed by atoms with Gasteiger partial charge in [0.25, 0.3) is 5.91 Å². The van der Waals surface area contributed by atoms with Gasteiger partial charge in [-0.15, -0.1) is 5.10 Å². The van der Waals surface area contributed by atoms with E-state index in [4.69, 9.17) is 9.72 Å². The fraction of sp³-hybridized carbons (Fsp3) is 0.429. The molecule has 0 aliphatic carbocycles. The van der Waals surface area contributed by atoms with Crippen LogP contribution in [0.5, 0.6) is 0 Å². The van der Waals surface area contributed by atoms with E-state index in [2.05, 4.69) is 28.4 Å². The molecule has 0 atom stereocenters. The monoisotopic (exact) mass is 515 g/mol. The molecule has 1 aromatic carbocycles. The Balaban J connectivity index is 1.12. The predicted octanol–water partition coefficient (Wildman–Crippen LogP) is 3.64. The lowest BCUT2D eigenvalue weighted by Crippen LogP contribution is -2.68. The first-order chi connectivity index (χ1) is 18.5. The van der Waals surface area contributed by atoms with Gasteiger partial charge in [0.05, 0.1) is 12.1 Å². The first-order valence-corrected chi connectivity index (χ1v) is 13.3. The molecule has 2 aromatic heterocycles. The van der Waals surface area contributed by atoms with Crippen molar-refractivity contribution in [2.75, 3.05) is 51.7 Å². The van der Waals surface area contributed by atoms with Crippen LogP contribution < -0.4 is 5.32 Å². The molecule has 10 nitrogen and oxygen atoms in total. The van der Waals surface area contributed by atoms with Gasteiger partial charge >= 0.3 is 6.09 Å². The number of anilines is 2. The van der Waals surface area contributed by atoms with Gasteiger partial charge < -0.3 is 19.9 Å². The van der Waals surface area contributed by atoms with Crippen LogP contribution >= 0.6 is 0 Å². The largest absolute Gasteiger partial charge is 0.450 e. The first-order valence-electron chi connectivity index (χ1n) is 13.3. The van der Waals surface area contributed by atoms with Crippen LogP contribution in [-0.4, -0.2) is 93.2 Å². The number of carbonyl (C=O) groups excluding carboxylic acids is 2. The Morgan fingerprint density at radius 1 is 1.11 bits per heavy atom. The third-order valence-electron chi connectivity index (χ3n) is 8.03. The molecule has 38 heavy (non-hydrogen) atoms. The molecule has 1 N–H and O–H groups in total. The highest BCUT2D eigenvalue weighted by Crippen LogP contribution is 2.37. The van der Waals surface area contributed by atoms with Crippen LogP contribution in [0.2, 0.25) is 0 Å². The molecule has 2 saturated heterocycles. The summed E-state index contributed by atoms with van der Waals surface area (Å²) in [6, 6.07) is 11.5. The van der Waals surface area contributed by atoms with Crippen molar-refractivity contribution in [3.63, 3.8) is 0 Å². The zero-order chi connectivity index (χ0) is 26.3. The van der Waals surface area contributed by atoms with Crippen molar-refractivity contribution < 1.29 is 14.3 Å². The van der Waals surface area contributed by atoms with Gasteiger partial charge in [0, 0.05) is 49.2 Å². The third-order valence-corrected chi connectivity index (χ3v) is 8.03. The van der Waals surface area contributed by atoms with Gasteiger partial charge in [-0.1, -0.05) is 6.08 Å². The number of fused-ring (bicyclic) bond motifs is 1. The molecule has 3 aromatic rings. The van der Waals surface area contributed by atoms with Gasteiger partial charge in [-0.3, -0.25) is 9.69 Å². The van der Waals surface area contributed by atoms with Crippen molar-refractivity contribution >= 4 is 34.9 Å². The second-order valence-electron chi connectivity index (χ2n) is 10.4. The van der Waals surface area contributed by atoms with Crippen molar-refractivity contribution in [2.45, 2.75) is 31.7 Å². The van der Waals surface area contributed by atoms with Crippen LogP contribution in [-0.2, 0) is 4.74 Å². The van der Waals surface area contributed by atoms with Crippen molar-refractivity contribution in [3.05, 3.63) is 59.8 Å². The number of likely N-dealkylation sites (N-methyl/N-ethyl adjacent to an activating group) is 1. The minimum Gasteiger partial charge on any atom is -0.450 e. The molecule has 0 radical (unpaired) electrons. The average Bonchev–Trinajstić information content (AvgIpc) is 3.51. The number of nitrogens with zero attached hydrogens (tertiary/aromatic N) is 6. The van der Waals surface area contributed by atoms with Crippen molar-refractivity contribution in [1.82, 2.24) is 29.3 Å². The summed E-state index contributed by atoms with van der Waals surface area (Å²) in [4.78, 5) is 35.8. The van der Waals surface area contributed by atoms with E-state index in [-0.39, 0.29) is 17.5 Å². The summed E-state index contributed by atoms with van der Waals surface area (Å²) in [6.45, 7) is 6.04. The van der Waals surface area contributed by atoms with Crippen molar-refractivity contribution in [2.24, 2.45) is 0 Å². The van der Waals surface area contributed by atoms with E-state index in [1.807, 2.05) is 54.4 Å². The van der Waals surface area contributed by atoms with Gasteiger partial charge in [-0.25, -0.2) is 9.31 Å². The topological polar surface area (TPSA) is 95.3 Å². The molecule has 1 spiro atoms. The van der Waals surface area contributed by atoms with E-state index in [1.54, 1.807) is 9.42 Å². The molecule has 3 aliphatic heterocycles. The maximum absolute atomic E-state index is 13.0. The standard InChI is InChI=1S/C28H33N7O3/c1-3-38-27(37)33-16-11-20(12-17-33)23-6-4-15-35-24(23)30-26(31-35)29-22-9-7-21(8-10-22)25(36)34-18-28(19-34)13-5-14-32(28)2/h4,6-11,15H,3,5,12-14,16-19H2,1-2H3,(H,29,31). The van der Waals surface area contributed by atoms with Crippen LogP contribution in [0.3, 0.4) is 0 Å². The molecule has 198 valence electrons. The highest BCUT2D eigenvalue weighted by Gasteiger charge is 2.50. The summed E-state index contributed by atoms with van der Waals surface area (Å²) in [5.74, 6) is 0.565. The van der Waals surface area contributed by atoms with Crippen LogP contribution in [0.15, 0.2) is 48.7 Å². The Bertz CT molecular complexity index is 1390. The predicted molar refractivity (Wildman–Crippen MR) is 144 cm³/mol. The molecule has 0 saturated carbocycles. The van der Waals surface area contributed by atoms with Gasteiger partial charge in [-0.05, 0) is 81.7 Å². The van der Waals surface area contributed by atoms with Gasteiger partial charge in [0.1, 0.15) is 0 Å². The molecule has 0 bridgehead atoms. The second kappa shape index (κ2) is 9.75. The summed E-state index contributed by atoms with van der Waals surface area (Å²) in [7, 11) is 2.16. The molecule has 6 rings (SSSR count). The van der Waals surface area contributed by atoms with Gasteiger partial charge in [-0.2, -0.15) is 4.98 Å².